The molecule has 0 bridgehead atoms. The molecule has 0 aromatic heterocycles. The van der Waals surface area contributed by atoms with E-state index in [1.807, 2.05) is 12.1 Å². The minimum Gasteiger partial charge on any atom is -0.392 e. The van der Waals surface area contributed by atoms with E-state index in [0.29, 0.717) is 6.04 Å². The van der Waals surface area contributed by atoms with Crippen molar-refractivity contribution in [1.29, 1.82) is 0 Å². The largest absolute Gasteiger partial charge is 0.392 e. The Hall–Kier alpha value is -1.02. The summed E-state index contributed by atoms with van der Waals surface area (Å²) < 4.78 is 0. The SMILES string of the molecule is CCCC1CCCC(Nc2ccc(CO)cc2)CC1. The van der Waals surface area contributed by atoms with Gasteiger partial charge in [-0.15, -0.1) is 0 Å². The van der Waals surface area contributed by atoms with E-state index in [4.69, 9.17) is 5.11 Å². The lowest BCUT2D eigenvalue weighted by molar-refractivity contribution is 0.282. The Morgan fingerprint density at radius 2 is 1.89 bits per heavy atom. The van der Waals surface area contributed by atoms with Crippen LogP contribution < -0.4 is 5.32 Å². The highest BCUT2D eigenvalue weighted by atomic mass is 16.3. The van der Waals surface area contributed by atoms with Gasteiger partial charge in [-0.05, 0) is 42.9 Å². The molecule has 1 aliphatic rings. The molecule has 0 spiro atoms. The van der Waals surface area contributed by atoms with Gasteiger partial charge in [-0.2, -0.15) is 0 Å². The molecule has 1 aliphatic carbocycles. The van der Waals surface area contributed by atoms with Crippen molar-refractivity contribution in [3.63, 3.8) is 0 Å². The van der Waals surface area contributed by atoms with Crippen molar-refractivity contribution >= 4 is 5.69 Å². The second-order valence-electron chi connectivity index (χ2n) is 5.86. The molecule has 0 saturated heterocycles. The van der Waals surface area contributed by atoms with E-state index < -0.39 is 0 Å². The molecular formula is C17H27NO. The summed E-state index contributed by atoms with van der Waals surface area (Å²) in [4.78, 5) is 0. The minimum absolute atomic E-state index is 0.127. The van der Waals surface area contributed by atoms with Gasteiger partial charge in [0.2, 0.25) is 0 Å². The van der Waals surface area contributed by atoms with Crippen molar-refractivity contribution in [3.8, 4) is 0 Å². The first-order chi connectivity index (χ1) is 9.31. The summed E-state index contributed by atoms with van der Waals surface area (Å²) in [5.41, 5.74) is 2.17. The van der Waals surface area contributed by atoms with Gasteiger partial charge in [0.05, 0.1) is 6.61 Å². The van der Waals surface area contributed by atoms with Crippen LogP contribution in [0.3, 0.4) is 0 Å². The van der Waals surface area contributed by atoms with Gasteiger partial charge in [0, 0.05) is 11.7 Å². The Labute approximate surface area is 117 Å². The van der Waals surface area contributed by atoms with E-state index in [0.717, 1.165) is 11.5 Å². The molecule has 0 aliphatic heterocycles. The highest BCUT2D eigenvalue weighted by Crippen LogP contribution is 2.28. The topological polar surface area (TPSA) is 32.3 Å². The Morgan fingerprint density at radius 1 is 1.11 bits per heavy atom. The molecule has 0 amide bonds. The molecule has 2 rings (SSSR count). The first-order valence-electron chi connectivity index (χ1n) is 7.78. The van der Waals surface area contributed by atoms with Gasteiger partial charge in [-0.3, -0.25) is 0 Å². The third kappa shape index (κ3) is 4.54. The summed E-state index contributed by atoms with van der Waals surface area (Å²) in [6.07, 6.45) is 9.46. The molecule has 19 heavy (non-hydrogen) atoms. The lowest BCUT2D eigenvalue weighted by Crippen LogP contribution is -2.18. The average molecular weight is 261 g/mol. The van der Waals surface area contributed by atoms with Gasteiger partial charge in [-0.25, -0.2) is 0 Å². The zero-order valence-electron chi connectivity index (χ0n) is 12.1. The van der Waals surface area contributed by atoms with Crippen LogP contribution in [0.5, 0.6) is 0 Å². The van der Waals surface area contributed by atoms with Crippen molar-refractivity contribution < 1.29 is 5.11 Å². The molecule has 2 heteroatoms. The molecule has 2 unspecified atom stereocenters. The Kier molecular flexibility index (Phi) is 5.71. The van der Waals surface area contributed by atoms with Crippen LogP contribution in [0.4, 0.5) is 5.69 Å². The number of benzene rings is 1. The summed E-state index contributed by atoms with van der Waals surface area (Å²) in [7, 11) is 0. The maximum absolute atomic E-state index is 9.05. The first-order valence-corrected chi connectivity index (χ1v) is 7.78. The average Bonchev–Trinajstić information content (AvgIpc) is 2.66. The maximum Gasteiger partial charge on any atom is 0.0681 e. The highest BCUT2D eigenvalue weighted by molar-refractivity contribution is 5.45. The minimum atomic E-state index is 0.127. The van der Waals surface area contributed by atoms with Gasteiger partial charge < -0.3 is 10.4 Å². The molecule has 2 N–H and O–H groups in total. The first kappa shape index (κ1) is 14.4. The van der Waals surface area contributed by atoms with E-state index in [9.17, 15) is 0 Å². The van der Waals surface area contributed by atoms with Crippen LogP contribution in [0.1, 0.15) is 57.4 Å². The predicted molar refractivity (Wildman–Crippen MR) is 81.3 cm³/mol. The van der Waals surface area contributed by atoms with Crippen LogP contribution >= 0.6 is 0 Å². The van der Waals surface area contributed by atoms with Gasteiger partial charge in [0.25, 0.3) is 0 Å². The zero-order valence-corrected chi connectivity index (χ0v) is 12.1. The number of hydrogen-bond donors (Lipinski definition) is 2. The summed E-state index contributed by atoms with van der Waals surface area (Å²) >= 11 is 0. The van der Waals surface area contributed by atoms with Crippen molar-refractivity contribution in [2.24, 2.45) is 5.92 Å². The van der Waals surface area contributed by atoms with Crippen molar-refractivity contribution in [1.82, 2.24) is 0 Å². The number of aliphatic hydroxyl groups is 1. The highest BCUT2D eigenvalue weighted by Gasteiger charge is 2.18. The number of rotatable bonds is 5. The Balaban J connectivity index is 1.84. The third-order valence-electron chi connectivity index (χ3n) is 4.29. The molecule has 0 radical (unpaired) electrons. The molecule has 106 valence electrons. The second kappa shape index (κ2) is 7.54. The van der Waals surface area contributed by atoms with Crippen LogP contribution in [0, 0.1) is 5.92 Å². The molecule has 2 atom stereocenters. The number of anilines is 1. The van der Waals surface area contributed by atoms with Crippen LogP contribution in [-0.2, 0) is 6.61 Å². The molecule has 0 heterocycles. The fraction of sp³-hybridized carbons (Fsp3) is 0.647. The van der Waals surface area contributed by atoms with Gasteiger partial charge in [0.1, 0.15) is 0 Å². The normalized spacial score (nSPS) is 23.9. The monoisotopic (exact) mass is 261 g/mol. The summed E-state index contributed by atoms with van der Waals surface area (Å²) in [6.45, 7) is 2.42. The Morgan fingerprint density at radius 3 is 2.58 bits per heavy atom. The van der Waals surface area contributed by atoms with E-state index in [-0.39, 0.29) is 6.61 Å². The third-order valence-corrected chi connectivity index (χ3v) is 4.29. The predicted octanol–water partition coefficient (Wildman–Crippen LogP) is 4.34. The standard InChI is InChI=1S/C17H27NO/c1-2-4-14-5-3-6-16(10-7-14)18-17-11-8-15(13-19)9-12-17/h8-9,11-12,14,16,18-19H,2-7,10,13H2,1H3. The fourth-order valence-corrected chi connectivity index (χ4v) is 3.16. The molecule has 1 saturated carbocycles. The smallest absolute Gasteiger partial charge is 0.0681 e. The molecule has 1 fully saturated rings. The maximum atomic E-state index is 9.05. The quantitative estimate of drug-likeness (QED) is 0.773. The van der Waals surface area contributed by atoms with E-state index in [2.05, 4.69) is 24.4 Å². The fourth-order valence-electron chi connectivity index (χ4n) is 3.16. The summed E-state index contributed by atoms with van der Waals surface area (Å²) in [6, 6.07) is 8.79. The zero-order chi connectivity index (χ0) is 13.5. The second-order valence-corrected chi connectivity index (χ2v) is 5.86. The lowest BCUT2D eigenvalue weighted by atomic mass is 9.95. The van der Waals surface area contributed by atoms with Gasteiger partial charge in [0.15, 0.2) is 0 Å². The summed E-state index contributed by atoms with van der Waals surface area (Å²) in [5.74, 6) is 0.952. The number of aliphatic hydroxyl groups excluding tert-OH is 1. The van der Waals surface area contributed by atoms with Gasteiger partial charge in [-0.1, -0.05) is 44.7 Å². The molecule has 2 nitrogen and oxygen atoms in total. The van der Waals surface area contributed by atoms with Crippen molar-refractivity contribution in [3.05, 3.63) is 29.8 Å². The van der Waals surface area contributed by atoms with Crippen LogP contribution in [0.25, 0.3) is 0 Å². The van der Waals surface area contributed by atoms with E-state index in [1.165, 1.54) is 50.6 Å². The molecular weight excluding hydrogens is 234 g/mol. The Bertz CT molecular complexity index is 360. The van der Waals surface area contributed by atoms with E-state index in [1.54, 1.807) is 0 Å². The van der Waals surface area contributed by atoms with E-state index >= 15 is 0 Å². The number of hydrogen-bond acceptors (Lipinski definition) is 2. The van der Waals surface area contributed by atoms with Crippen LogP contribution in [0.15, 0.2) is 24.3 Å². The molecule has 1 aromatic rings. The molecule has 1 aromatic carbocycles. The lowest BCUT2D eigenvalue weighted by Gasteiger charge is -2.18. The summed E-state index contributed by atoms with van der Waals surface area (Å²) in [5, 5.41) is 12.7. The van der Waals surface area contributed by atoms with Gasteiger partial charge >= 0.3 is 0 Å². The van der Waals surface area contributed by atoms with Crippen LogP contribution in [0.2, 0.25) is 0 Å². The van der Waals surface area contributed by atoms with Crippen LogP contribution in [-0.4, -0.2) is 11.1 Å². The van der Waals surface area contributed by atoms with Crippen molar-refractivity contribution in [2.75, 3.05) is 5.32 Å². The number of nitrogens with one attached hydrogen (secondary N) is 1. The van der Waals surface area contributed by atoms with Crippen molar-refractivity contribution in [2.45, 2.75) is 64.5 Å².